The zero-order chi connectivity index (χ0) is 10.1. The Kier molecular flexibility index (Phi) is 2.25. The van der Waals surface area contributed by atoms with Crippen LogP contribution >= 0.6 is 0 Å². The zero-order valence-corrected chi connectivity index (χ0v) is 7.97. The van der Waals surface area contributed by atoms with Gasteiger partial charge in [0.2, 0.25) is 0 Å². The molecule has 0 atom stereocenters. The molecule has 0 fully saturated rings. The minimum absolute atomic E-state index is 0.0858. The molecule has 0 aliphatic carbocycles. The summed E-state index contributed by atoms with van der Waals surface area (Å²) >= 11 is 0. The average molecular weight is 193 g/mol. The molecule has 1 heterocycles. The van der Waals surface area contributed by atoms with Crippen LogP contribution in [0.25, 0.3) is 10.9 Å². The second kappa shape index (κ2) is 3.42. The van der Waals surface area contributed by atoms with Gasteiger partial charge in [-0.15, -0.1) is 0 Å². The number of aliphatic hydroxyl groups excluding tert-OH is 1. The first-order valence-corrected chi connectivity index (χ1v) is 4.59. The summed E-state index contributed by atoms with van der Waals surface area (Å²) in [6.07, 6.45) is 2.39. The topological polar surface area (TPSA) is 36.0 Å². The fourth-order valence-corrected chi connectivity index (χ4v) is 1.75. The molecule has 0 saturated heterocycles. The van der Waals surface area contributed by atoms with E-state index in [1.807, 2.05) is 13.1 Å². The van der Waals surface area contributed by atoms with Gasteiger partial charge in [0.25, 0.3) is 0 Å². The highest BCUT2D eigenvalue weighted by Crippen LogP contribution is 2.23. The van der Waals surface area contributed by atoms with Crippen molar-refractivity contribution in [2.24, 2.45) is 0 Å². The first-order chi connectivity index (χ1) is 6.72. The number of nitrogens with one attached hydrogen (secondary N) is 1. The summed E-state index contributed by atoms with van der Waals surface area (Å²) in [5.74, 6) is -0.228. The van der Waals surface area contributed by atoms with Crippen LogP contribution in [0.5, 0.6) is 0 Å². The molecule has 2 nitrogen and oxygen atoms in total. The molecule has 0 bridgehead atoms. The first kappa shape index (κ1) is 9.21. The van der Waals surface area contributed by atoms with Gasteiger partial charge in [-0.25, -0.2) is 4.39 Å². The number of hydrogen-bond acceptors (Lipinski definition) is 1. The molecule has 2 rings (SSSR count). The van der Waals surface area contributed by atoms with Crippen molar-refractivity contribution < 1.29 is 9.50 Å². The lowest BCUT2D eigenvalue weighted by molar-refractivity contribution is 0.300. The average Bonchev–Trinajstić information content (AvgIpc) is 2.49. The van der Waals surface area contributed by atoms with Gasteiger partial charge in [-0.1, -0.05) is 0 Å². The molecule has 3 heteroatoms. The van der Waals surface area contributed by atoms with E-state index >= 15 is 0 Å². The standard InChI is InChI=1S/C11H12FNO/c1-7-4-9(12)5-10-8(2-3-14)6-13-11(7)10/h4-6,13-14H,2-3H2,1H3. The number of hydrogen-bond donors (Lipinski definition) is 2. The number of aromatic nitrogens is 1. The van der Waals surface area contributed by atoms with Crippen LogP contribution in [0.2, 0.25) is 0 Å². The molecule has 14 heavy (non-hydrogen) atoms. The summed E-state index contributed by atoms with van der Waals surface area (Å²) in [5.41, 5.74) is 2.81. The zero-order valence-electron chi connectivity index (χ0n) is 7.97. The number of aliphatic hydroxyl groups is 1. The minimum Gasteiger partial charge on any atom is -0.396 e. The highest BCUT2D eigenvalue weighted by Gasteiger charge is 2.06. The number of halogens is 1. The Morgan fingerprint density at radius 3 is 2.93 bits per heavy atom. The third-order valence-electron chi connectivity index (χ3n) is 2.42. The third kappa shape index (κ3) is 1.40. The van der Waals surface area contributed by atoms with Crippen molar-refractivity contribution in [2.45, 2.75) is 13.3 Å². The predicted molar refractivity (Wildman–Crippen MR) is 53.8 cm³/mol. The molecular weight excluding hydrogens is 181 g/mol. The van der Waals surface area contributed by atoms with E-state index in [9.17, 15) is 4.39 Å². The van der Waals surface area contributed by atoms with Crippen molar-refractivity contribution in [3.63, 3.8) is 0 Å². The van der Waals surface area contributed by atoms with Gasteiger partial charge in [-0.3, -0.25) is 0 Å². The van der Waals surface area contributed by atoms with Crippen LogP contribution in [0.1, 0.15) is 11.1 Å². The van der Waals surface area contributed by atoms with Gasteiger partial charge in [0.05, 0.1) is 0 Å². The van der Waals surface area contributed by atoms with Crippen LogP contribution in [0, 0.1) is 12.7 Å². The Hall–Kier alpha value is -1.35. The number of aromatic amines is 1. The lowest BCUT2D eigenvalue weighted by Gasteiger charge is -1.99. The van der Waals surface area contributed by atoms with Gasteiger partial charge in [0.15, 0.2) is 0 Å². The molecule has 0 unspecified atom stereocenters. The van der Waals surface area contributed by atoms with Crippen molar-refractivity contribution in [3.05, 3.63) is 35.3 Å². The third-order valence-corrected chi connectivity index (χ3v) is 2.42. The van der Waals surface area contributed by atoms with Crippen LogP contribution in [-0.2, 0) is 6.42 Å². The molecule has 74 valence electrons. The summed E-state index contributed by atoms with van der Waals surface area (Å²) in [7, 11) is 0. The van der Waals surface area contributed by atoms with Crippen molar-refractivity contribution in [1.82, 2.24) is 4.98 Å². The molecule has 0 saturated carbocycles. The summed E-state index contributed by atoms with van der Waals surface area (Å²) in [4.78, 5) is 3.09. The van der Waals surface area contributed by atoms with Crippen LogP contribution in [0.4, 0.5) is 4.39 Å². The lowest BCUT2D eigenvalue weighted by atomic mass is 10.1. The lowest BCUT2D eigenvalue weighted by Crippen LogP contribution is -1.89. The quantitative estimate of drug-likeness (QED) is 0.753. The summed E-state index contributed by atoms with van der Waals surface area (Å²) in [5, 5.41) is 9.70. The Morgan fingerprint density at radius 1 is 1.43 bits per heavy atom. The van der Waals surface area contributed by atoms with E-state index in [2.05, 4.69) is 4.98 Å². The van der Waals surface area contributed by atoms with E-state index in [1.165, 1.54) is 12.1 Å². The molecule has 0 amide bonds. The maximum atomic E-state index is 13.1. The molecule has 0 radical (unpaired) electrons. The number of H-pyrrole nitrogens is 1. The second-order valence-corrected chi connectivity index (χ2v) is 3.43. The second-order valence-electron chi connectivity index (χ2n) is 3.43. The van der Waals surface area contributed by atoms with Crippen molar-refractivity contribution in [1.29, 1.82) is 0 Å². The first-order valence-electron chi connectivity index (χ1n) is 4.59. The molecule has 1 aromatic carbocycles. The molecular formula is C11H12FNO. The maximum Gasteiger partial charge on any atom is 0.124 e. The minimum atomic E-state index is -0.228. The SMILES string of the molecule is Cc1cc(F)cc2c(CCO)c[nH]c12. The van der Waals surface area contributed by atoms with Crippen molar-refractivity contribution >= 4 is 10.9 Å². The molecule has 0 spiro atoms. The van der Waals surface area contributed by atoms with Gasteiger partial charge >= 0.3 is 0 Å². The van der Waals surface area contributed by atoms with Crippen LogP contribution < -0.4 is 0 Å². The van der Waals surface area contributed by atoms with Gasteiger partial charge in [-0.2, -0.15) is 0 Å². The fourth-order valence-electron chi connectivity index (χ4n) is 1.75. The highest BCUT2D eigenvalue weighted by molar-refractivity contribution is 5.86. The van der Waals surface area contributed by atoms with Gasteiger partial charge in [0.1, 0.15) is 5.82 Å². The predicted octanol–water partition coefficient (Wildman–Crippen LogP) is 2.15. The monoisotopic (exact) mass is 193 g/mol. The van der Waals surface area contributed by atoms with E-state index in [4.69, 9.17) is 5.11 Å². The molecule has 0 aliphatic rings. The Morgan fingerprint density at radius 2 is 2.21 bits per heavy atom. The van der Waals surface area contributed by atoms with E-state index in [-0.39, 0.29) is 12.4 Å². The molecule has 2 N–H and O–H groups in total. The highest BCUT2D eigenvalue weighted by atomic mass is 19.1. The van der Waals surface area contributed by atoms with Crippen LogP contribution in [-0.4, -0.2) is 16.7 Å². The van der Waals surface area contributed by atoms with Crippen molar-refractivity contribution in [3.8, 4) is 0 Å². The van der Waals surface area contributed by atoms with E-state index in [0.29, 0.717) is 6.42 Å². The Bertz CT molecular complexity index is 462. The largest absolute Gasteiger partial charge is 0.396 e. The van der Waals surface area contributed by atoms with Gasteiger partial charge in [-0.05, 0) is 36.6 Å². The number of benzene rings is 1. The van der Waals surface area contributed by atoms with Crippen LogP contribution in [0.3, 0.4) is 0 Å². The molecule has 0 aliphatic heterocycles. The Balaban J connectivity index is 2.66. The summed E-state index contributed by atoms with van der Waals surface area (Å²) in [6, 6.07) is 3.01. The van der Waals surface area contributed by atoms with Crippen LogP contribution in [0.15, 0.2) is 18.3 Å². The number of aryl methyl sites for hydroxylation is 1. The normalized spacial score (nSPS) is 11.1. The van der Waals surface area contributed by atoms with E-state index < -0.39 is 0 Å². The summed E-state index contributed by atoms with van der Waals surface area (Å²) in [6.45, 7) is 1.95. The number of fused-ring (bicyclic) bond motifs is 1. The van der Waals surface area contributed by atoms with Gasteiger partial charge in [0, 0.05) is 23.7 Å². The molecule has 1 aromatic heterocycles. The molecule has 2 aromatic rings. The number of rotatable bonds is 2. The van der Waals surface area contributed by atoms with Gasteiger partial charge < -0.3 is 10.1 Å². The Labute approximate surface area is 81.4 Å². The van der Waals surface area contributed by atoms with Crippen molar-refractivity contribution in [2.75, 3.05) is 6.61 Å². The summed E-state index contributed by atoms with van der Waals surface area (Å²) < 4.78 is 13.1. The maximum absolute atomic E-state index is 13.1. The fraction of sp³-hybridized carbons (Fsp3) is 0.273. The van der Waals surface area contributed by atoms with E-state index in [0.717, 1.165) is 22.0 Å². The van der Waals surface area contributed by atoms with E-state index in [1.54, 1.807) is 0 Å². The smallest absolute Gasteiger partial charge is 0.124 e.